The summed E-state index contributed by atoms with van der Waals surface area (Å²) in [6.45, 7) is 3.61. The molecule has 0 unspecified atom stereocenters. The number of hydrogen-bond acceptors (Lipinski definition) is 2. The minimum atomic E-state index is 0.634. The van der Waals surface area contributed by atoms with Gasteiger partial charge in [-0.3, -0.25) is 0 Å². The highest BCUT2D eigenvalue weighted by atomic mass is 35.5. The van der Waals surface area contributed by atoms with E-state index in [9.17, 15) is 0 Å². The summed E-state index contributed by atoms with van der Waals surface area (Å²) in [5.74, 6) is 0.726. The lowest BCUT2D eigenvalue weighted by atomic mass is 10.4. The Hall–Kier alpha value is -1.02. The highest BCUT2D eigenvalue weighted by Crippen LogP contribution is 2.20. The number of rotatable bonds is 2. The van der Waals surface area contributed by atoms with Crippen LogP contribution in [0, 0.1) is 0 Å². The van der Waals surface area contributed by atoms with Gasteiger partial charge in [-0.15, -0.1) is 0 Å². The van der Waals surface area contributed by atoms with E-state index in [-0.39, 0.29) is 0 Å². The van der Waals surface area contributed by atoms with Crippen molar-refractivity contribution in [3.05, 3.63) is 36.1 Å². The summed E-state index contributed by atoms with van der Waals surface area (Å²) in [6.07, 6.45) is 3.36. The number of anilines is 1. The molecule has 1 rings (SSSR count). The van der Waals surface area contributed by atoms with Crippen molar-refractivity contribution < 1.29 is 0 Å². The average Bonchev–Trinajstić information content (AvgIpc) is 2.04. The highest BCUT2D eigenvalue weighted by Gasteiger charge is 2.01. The molecule has 0 bridgehead atoms. The lowest BCUT2D eigenvalue weighted by Crippen LogP contribution is -2.08. The molecule has 0 amide bonds. The molecule has 11 heavy (non-hydrogen) atoms. The molecule has 0 radical (unpaired) electrons. The van der Waals surface area contributed by atoms with E-state index < -0.39 is 0 Å². The number of aromatic nitrogens is 1. The predicted octanol–water partition coefficient (Wildman–Crippen LogP) is 2.31. The molecule has 3 heteroatoms. The van der Waals surface area contributed by atoms with Crippen LogP contribution in [0.5, 0.6) is 0 Å². The number of hydrogen-bond donors (Lipinski definition) is 0. The molecule has 0 aliphatic heterocycles. The first-order chi connectivity index (χ1) is 5.25. The second-order valence-corrected chi connectivity index (χ2v) is 2.51. The number of nitrogens with zero attached hydrogens (tertiary/aromatic N) is 2. The van der Waals surface area contributed by atoms with Crippen LogP contribution in [0.2, 0.25) is 5.02 Å². The van der Waals surface area contributed by atoms with Crippen molar-refractivity contribution in [2.24, 2.45) is 0 Å². The molecule has 1 heterocycles. The van der Waals surface area contributed by atoms with Gasteiger partial charge in [0.15, 0.2) is 5.82 Å². The number of halogens is 1. The lowest BCUT2D eigenvalue weighted by molar-refractivity contribution is 1.13. The summed E-state index contributed by atoms with van der Waals surface area (Å²) < 4.78 is 0. The Morgan fingerprint density at radius 3 is 3.00 bits per heavy atom. The second-order valence-electron chi connectivity index (χ2n) is 2.10. The first-order valence-electron chi connectivity index (χ1n) is 3.21. The summed E-state index contributed by atoms with van der Waals surface area (Å²) in [7, 11) is 1.85. The summed E-state index contributed by atoms with van der Waals surface area (Å²) in [5.41, 5.74) is 0. The molecular weight excluding hydrogens is 160 g/mol. The molecule has 0 saturated carbocycles. The highest BCUT2D eigenvalue weighted by molar-refractivity contribution is 6.32. The minimum absolute atomic E-state index is 0.634. The predicted molar refractivity (Wildman–Crippen MR) is 47.8 cm³/mol. The smallest absolute Gasteiger partial charge is 0.151 e. The zero-order valence-electron chi connectivity index (χ0n) is 6.29. The van der Waals surface area contributed by atoms with Crippen molar-refractivity contribution in [1.29, 1.82) is 0 Å². The molecule has 2 nitrogen and oxygen atoms in total. The standard InChI is InChI=1S/C8H9ClN2/c1-3-11(2)8-7(9)5-4-6-10-8/h3-6H,1H2,2H3. The van der Waals surface area contributed by atoms with Crippen molar-refractivity contribution in [3.8, 4) is 0 Å². The summed E-state index contributed by atoms with van der Waals surface area (Å²) in [5, 5.41) is 0.634. The number of pyridine rings is 1. The van der Waals surface area contributed by atoms with Gasteiger partial charge < -0.3 is 4.90 Å². The molecule has 0 saturated heterocycles. The average molecular weight is 169 g/mol. The van der Waals surface area contributed by atoms with Gasteiger partial charge in [0.25, 0.3) is 0 Å². The Morgan fingerprint density at radius 1 is 1.73 bits per heavy atom. The van der Waals surface area contributed by atoms with Gasteiger partial charge in [-0.1, -0.05) is 18.2 Å². The third kappa shape index (κ3) is 1.71. The van der Waals surface area contributed by atoms with Crippen LogP contribution >= 0.6 is 11.6 Å². The van der Waals surface area contributed by atoms with Crippen LogP contribution < -0.4 is 4.90 Å². The van der Waals surface area contributed by atoms with Gasteiger partial charge in [-0.25, -0.2) is 4.98 Å². The fraction of sp³-hybridized carbons (Fsp3) is 0.125. The maximum absolute atomic E-state index is 5.85. The molecule has 0 aliphatic carbocycles. The Labute approximate surface area is 71.1 Å². The van der Waals surface area contributed by atoms with Crippen molar-refractivity contribution >= 4 is 17.4 Å². The Morgan fingerprint density at radius 2 is 2.45 bits per heavy atom. The van der Waals surface area contributed by atoms with E-state index in [2.05, 4.69) is 11.6 Å². The molecule has 0 aliphatic rings. The van der Waals surface area contributed by atoms with Gasteiger partial charge >= 0.3 is 0 Å². The van der Waals surface area contributed by atoms with Crippen molar-refractivity contribution in [2.75, 3.05) is 11.9 Å². The topological polar surface area (TPSA) is 16.1 Å². The van der Waals surface area contributed by atoms with Gasteiger partial charge in [0.05, 0.1) is 5.02 Å². The zero-order valence-corrected chi connectivity index (χ0v) is 7.04. The van der Waals surface area contributed by atoms with Crippen molar-refractivity contribution in [1.82, 2.24) is 4.98 Å². The van der Waals surface area contributed by atoms with Crippen LogP contribution in [-0.2, 0) is 0 Å². The van der Waals surface area contributed by atoms with Crippen LogP contribution in [0.1, 0.15) is 0 Å². The summed E-state index contributed by atoms with van der Waals surface area (Å²) >= 11 is 5.85. The normalized spacial score (nSPS) is 9.27. The molecule has 1 aromatic rings. The van der Waals surface area contributed by atoms with Crippen LogP contribution in [0.3, 0.4) is 0 Å². The van der Waals surface area contributed by atoms with E-state index in [1.807, 2.05) is 7.05 Å². The monoisotopic (exact) mass is 168 g/mol. The van der Waals surface area contributed by atoms with E-state index in [4.69, 9.17) is 11.6 Å². The Kier molecular flexibility index (Phi) is 2.49. The molecule has 0 N–H and O–H groups in total. The van der Waals surface area contributed by atoms with E-state index in [0.717, 1.165) is 5.82 Å². The second kappa shape index (κ2) is 3.39. The summed E-state index contributed by atoms with van der Waals surface area (Å²) in [6, 6.07) is 3.59. The lowest BCUT2D eigenvalue weighted by Gasteiger charge is -2.12. The van der Waals surface area contributed by atoms with Crippen molar-refractivity contribution in [3.63, 3.8) is 0 Å². The van der Waals surface area contributed by atoms with E-state index >= 15 is 0 Å². The first-order valence-corrected chi connectivity index (χ1v) is 3.59. The third-order valence-electron chi connectivity index (χ3n) is 1.35. The van der Waals surface area contributed by atoms with Crippen LogP contribution in [0.4, 0.5) is 5.82 Å². The quantitative estimate of drug-likeness (QED) is 0.674. The molecule has 58 valence electrons. The first kappa shape index (κ1) is 8.08. The molecule has 0 fully saturated rings. The van der Waals surface area contributed by atoms with E-state index in [0.29, 0.717) is 5.02 Å². The molecule has 1 aromatic heterocycles. The maximum Gasteiger partial charge on any atom is 0.151 e. The summed E-state index contributed by atoms with van der Waals surface area (Å²) in [4.78, 5) is 5.84. The van der Waals surface area contributed by atoms with Gasteiger partial charge in [0, 0.05) is 13.2 Å². The third-order valence-corrected chi connectivity index (χ3v) is 1.64. The molecule has 0 spiro atoms. The fourth-order valence-corrected chi connectivity index (χ4v) is 0.978. The zero-order chi connectivity index (χ0) is 8.27. The van der Waals surface area contributed by atoms with Crippen LogP contribution in [0.15, 0.2) is 31.1 Å². The van der Waals surface area contributed by atoms with E-state index in [1.165, 1.54) is 0 Å². The van der Waals surface area contributed by atoms with Gasteiger partial charge in [-0.2, -0.15) is 0 Å². The SMILES string of the molecule is C=CN(C)c1ncccc1Cl. The van der Waals surface area contributed by atoms with Gasteiger partial charge in [-0.05, 0) is 18.3 Å². The molecule has 0 atom stereocenters. The Bertz CT molecular complexity index is 260. The van der Waals surface area contributed by atoms with Crippen LogP contribution in [0.25, 0.3) is 0 Å². The largest absolute Gasteiger partial charge is 0.335 e. The molecule has 0 aromatic carbocycles. The minimum Gasteiger partial charge on any atom is -0.335 e. The molecular formula is C8H9ClN2. The van der Waals surface area contributed by atoms with Gasteiger partial charge in [0.2, 0.25) is 0 Å². The van der Waals surface area contributed by atoms with Crippen LogP contribution in [-0.4, -0.2) is 12.0 Å². The Balaban J connectivity index is 3.02. The van der Waals surface area contributed by atoms with Gasteiger partial charge in [0.1, 0.15) is 0 Å². The van der Waals surface area contributed by atoms with Crippen molar-refractivity contribution in [2.45, 2.75) is 0 Å². The van der Waals surface area contributed by atoms with E-state index in [1.54, 1.807) is 29.4 Å². The maximum atomic E-state index is 5.85. The fourth-order valence-electron chi connectivity index (χ4n) is 0.723.